The standard InChI is InChI=1S/C15H18N2O/c1-11-6-12(2)15(13(3)7-11)8-14(18)9-17-5-4-16-10-17/h4-7,10H,8-9H2,1-3H3. The monoisotopic (exact) mass is 242 g/mol. The molecule has 0 spiro atoms. The maximum Gasteiger partial charge on any atom is 0.156 e. The molecule has 0 N–H and O–H groups in total. The van der Waals surface area contributed by atoms with Gasteiger partial charge in [-0.25, -0.2) is 4.98 Å². The summed E-state index contributed by atoms with van der Waals surface area (Å²) in [6.45, 7) is 6.61. The van der Waals surface area contributed by atoms with Gasteiger partial charge in [0.05, 0.1) is 12.9 Å². The third-order valence-corrected chi connectivity index (χ3v) is 3.13. The molecule has 3 nitrogen and oxygen atoms in total. The minimum absolute atomic E-state index is 0.211. The lowest BCUT2D eigenvalue weighted by Gasteiger charge is -2.11. The van der Waals surface area contributed by atoms with E-state index in [9.17, 15) is 4.79 Å². The molecule has 0 saturated heterocycles. The number of ketones is 1. The number of carbonyl (C=O) groups is 1. The van der Waals surface area contributed by atoms with E-state index in [-0.39, 0.29) is 5.78 Å². The topological polar surface area (TPSA) is 34.9 Å². The lowest BCUT2D eigenvalue weighted by Crippen LogP contribution is -2.13. The van der Waals surface area contributed by atoms with Crippen LogP contribution in [0.15, 0.2) is 30.9 Å². The molecule has 2 aromatic rings. The van der Waals surface area contributed by atoms with Crippen molar-refractivity contribution in [1.29, 1.82) is 0 Å². The van der Waals surface area contributed by atoms with Gasteiger partial charge in [-0.2, -0.15) is 0 Å². The number of rotatable bonds is 4. The van der Waals surface area contributed by atoms with Crippen LogP contribution < -0.4 is 0 Å². The summed E-state index contributed by atoms with van der Waals surface area (Å²) in [6, 6.07) is 4.26. The molecule has 1 heterocycles. The van der Waals surface area contributed by atoms with Gasteiger partial charge in [0.15, 0.2) is 5.78 Å². The Hall–Kier alpha value is -1.90. The number of aromatic nitrogens is 2. The lowest BCUT2D eigenvalue weighted by molar-refractivity contribution is -0.119. The van der Waals surface area contributed by atoms with E-state index in [1.807, 2.05) is 6.20 Å². The summed E-state index contributed by atoms with van der Waals surface area (Å²) in [5.74, 6) is 0.211. The van der Waals surface area contributed by atoms with Gasteiger partial charge in [-0.05, 0) is 37.5 Å². The molecule has 0 aliphatic heterocycles. The first-order valence-electron chi connectivity index (χ1n) is 6.10. The molecule has 0 saturated carbocycles. The molecular weight excluding hydrogens is 224 g/mol. The summed E-state index contributed by atoms with van der Waals surface area (Å²) in [5.41, 5.74) is 4.81. The highest BCUT2D eigenvalue weighted by molar-refractivity contribution is 5.81. The Balaban J connectivity index is 2.12. The van der Waals surface area contributed by atoms with Crippen LogP contribution in [0.4, 0.5) is 0 Å². The Bertz CT molecular complexity index is 533. The smallest absolute Gasteiger partial charge is 0.156 e. The SMILES string of the molecule is Cc1cc(C)c(CC(=O)Cn2ccnc2)c(C)c1. The quantitative estimate of drug-likeness (QED) is 0.826. The van der Waals surface area contributed by atoms with Crippen LogP contribution in [0.1, 0.15) is 22.3 Å². The highest BCUT2D eigenvalue weighted by Gasteiger charge is 2.09. The second kappa shape index (κ2) is 5.17. The van der Waals surface area contributed by atoms with E-state index >= 15 is 0 Å². The molecule has 0 aliphatic rings. The fraction of sp³-hybridized carbons (Fsp3) is 0.333. The lowest BCUT2D eigenvalue weighted by atomic mass is 9.96. The highest BCUT2D eigenvalue weighted by atomic mass is 16.1. The second-order valence-corrected chi connectivity index (χ2v) is 4.83. The third-order valence-electron chi connectivity index (χ3n) is 3.13. The van der Waals surface area contributed by atoms with Crippen molar-refractivity contribution in [2.45, 2.75) is 33.7 Å². The summed E-state index contributed by atoms with van der Waals surface area (Å²) in [5, 5.41) is 0. The summed E-state index contributed by atoms with van der Waals surface area (Å²) in [7, 11) is 0. The van der Waals surface area contributed by atoms with Crippen LogP contribution in [-0.2, 0) is 17.8 Å². The van der Waals surface area contributed by atoms with Crippen molar-refractivity contribution in [1.82, 2.24) is 9.55 Å². The van der Waals surface area contributed by atoms with Gasteiger partial charge in [-0.3, -0.25) is 4.79 Å². The van der Waals surface area contributed by atoms with Crippen molar-refractivity contribution in [2.75, 3.05) is 0 Å². The molecule has 0 fully saturated rings. The van der Waals surface area contributed by atoms with Gasteiger partial charge in [0.2, 0.25) is 0 Å². The number of Topliss-reactive ketones (excluding diaryl/α,β-unsaturated/α-hetero) is 1. The molecule has 0 bridgehead atoms. The molecule has 0 amide bonds. The number of imidazole rings is 1. The summed E-state index contributed by atoms with van der Waals surface area (Å²) < 4.78 is 1.81. The summed E-state index contributed by atoms with van der Waals surface area (Å²) in [6.07, 6.45) is 5.67. The molecule has 0 unspecified atom stereocenters. The Labute approximate surface area is 107 Å². The second-order valence-electron chi connectivity index (χ2n) is 4.83. The van der Waals surface area contributed by atoms with Gasteiger partial charge in [0.25, 0.3) is 0 Å². The zero-order valence-corrected chi connectivity index (χ0v) is 11.1. The molecule has 18 heavy (non-hydrogen) atoms. The summed E-state index contributed by atoms with van der Waals surface area (Å²) >= 11 is 0. The number of aryl methyl sites for hydroxylation is 3. The molecule has 1 aromatic carbocycles. The Morgan fingerprint density at radius 1 is 1.22 bits per heavy atom. The van der Waals surface area contributed by atoms with Crippen molar-refractivity contribution >= 4 is 5.78 Å². The van der Waals surface area contributed by atoms with Gasteiger partial charge >= 0.3 is 0 Å². The van der Waals surface area contributed by atoms with E-state index in [1.54, 1.807) is 17.1 Å². The Morgan fingerprint density at radius 2 is 1.89 bits per heavy atom. The van der Waals surface area contributed by atoms with E-state index in [1.165, 1.54) is 16.7 Å². The molecule has 0 radical (unpaired) electrons. The van der Waals surface area contributed by atoms with Crippen molar-refractivity contribution in [2.24, 2.45) is 0 Å². The van der Waals surface area contributed by atoms with Crippen LogP contribution in [0.25, 0.3) is 0 Å². The average Bonchev–Trinajstić information content (AvgIpc) is 2.76. The minimum Gasteiger partial charge on any atom is -0.330 e. The maximum atomic E-state index is 12.0. The van der Waals surface area contributed by atoms with Crippen LogP contribution >= 0.6 is 0 Å². The molecular formula is C15H18N2O. The fourth-order valence-electron chi connectivity index (χ4n) is 2.33. The average molecular weight is 242 g/mol. The van der Waals surface area contributed by atoms with Crippen LogP contribution in [0, 0.1) is 20.8 Å². The zero-order valence-electron chi connectivity index (χ0n) is 11.1. The van der Waals surface area contributed by atoms with Gasteiger partial charge < -0.3 is 4.57 Å². The molecule has 94 valence electrons. The van der Waals surface area contributed by atoms with Crippen LogP contribution in [0.5, 0.6) is 0 Å². The first kappa shape index (κ1) is 12.6. The van der Waals surface area contributed by atoms with E-state index in [0.717, 1.165) is 5.56 Å². The van der Waals surface area contributed by atoms with Crippen LogP contribution in [0.2, 0.25) is 0 Å². The fourth-order valence-corrected chi connectivity index (χ4v) is 2.33. The number of nitrogens with zero attached hydrogens (tertiary/aromatic N) is 2. The van der Waals surface area contributed by atoms with Crippen molar-refractivity contribution in [3.05, 3.63) is 53.1 Å². The van der Waals surface area contributed by atoms with Gasteiger partial charge in [-0.15, -0.1) is 0 Å². The molecule has 2 rings (SSSR count). The van der Waals surface area contributed by atoms with Gasteiger partial charge in [0, 0.05) is 18.8 Å². The first-order valence-corrected chi connectivity index (χ1v) is 6.10. The molecule has 0 aliphatic carbocycles. The van der Waals surface area contributed by atoms with Crippen molar-refractivity contribution in [3.8, 4) is 0 Å². The van der Waals surface area contributed by atoms with Crippen LogP contribution in [0.3, 0.4) is 0 Å². The number of hydrogen-bond donors (Lipinski definition) is 0. The highest BCUT2D eigenvalue weighted by Crippen LogP contribution is 2.17. The molecule has 1 aromatic heterocycles. The number of carbonyl (C=O) groups excluding carboxylic acids is 1. The molecule has 3 heteroatoms. The summed E-state index contributed by atoms with van der Waals surface area (Å²) in [4.78, 5) is 16.0. The number of hydrogen-bond acceptors (Lipinski definition) is 2. The van der Waals surface area contributed by atoms with Gasteiger partial charge in [-0.1, -0.05) is 17.7 Å². The first-order chi connectivity index (χ1) is 8.56. The third kappa shape index (κ3) is 2.86. The van der Waals surface area contributed by atoms with Crippen molar-refractivity contribution in [3.63, 3.8) is 0 Å². The van der Waals surface area contributed by atoms with Gasteiger partial charge in [0.1, 0.15) is 0 Å². The van der Waals surface area contributed by atoms with E-state index in [0.29, 0.717) is 13.0 Å². The minimum atomic E-state index is 0.211. The zero-order chi connectivity index (χ0) is 13.1. The van der Waals surface area contributed by atoms with Crippen LogP contribution in [-0.4, -0.2) is 15.3 Å². The maximum absolute atomic E-state index is 12.0. The normalized spacial score (nSPS) is 10.6. The van der Waals surface area contributed by atoms with Crippen molar-refractivity contribution < 1.29 is 4.79 Å². The number of benzene rings is 1. The largest absolute Gasteiger partial charge is 0.330 e. The van der Waals surface area contributed by atoms with E-state index in [4.69, 9.17) is 0 Å². The van der Waals surface area contributed by atoms with E-state index in [2.05, 4.69) is 37.9 Å². The predicted molar refractivity (Wildman–Crippen MR) is 71.6 cm³/mol. The Kier molecular flexibility index (Phi) is 3.60. The Morgan fingerprint density at radius 3 is 2.44 bits per heavy atom. The van der Waals surface area contributed by atoms with E-state index < -0.39 is 0 Å². The predicted octanol–water partition coefficient (Wildman–Crippen LogP) is 2.62. The molecule has 0 atom stereocenters.